The number of nitrogens with one attached hydrogen (secondary N) is 2. The normalized spacial score (nSPS) is 15.7. The molecule has 2 aromatic heterocycles. The van der Waals surface area contributed by atoms with Gasteiger partial charge >= 0.3 is 0 Å². The molecule has 1 aliphatic rings. The molecule has 1 amide bonds. The summed E-state index contributed by atoms with van der Waals surface area (Å²) in [7, 11) is 3.51. The highest BCUT2D eigenvalue weighted by molar-refractivity contribution is 7.09. The highest BCUT2D eigenvalue weighted by Gasteiger charge is 2.20. The van der Waals surface area contributed by atoms with E-state index in [9.17, 15) is 4.79 Å². The number of aliphatic imine (C=N–C) groups is 1. The fraction of sp³-hybridized carbons (Fsp3) is 0.500. The lowest BCUT2D eigenvalue weighted by atomic mass is 10.0. The Morgan fingerprint density at radius 1 is 1.27 bits per heavy atom. The minimum absolute atomic E-state index is 0.000429. The molecular formula is C22H32N6OS. The molecule has 0 aliphatic carbocycles. The molecule has 0 saturated carbocycles. The lowest BCUT2D eigenvalue weighted by Gasteiger charge is -2.33. The smallest absolute Gasteiger partial charge is 0.243 e. The van der Waals surface area contributed by atoms with Crippen molar-refractivity contribution < 1.29 is 4.79 Å². The van der Waals surface area contributed by atoms with Crippen LogP contribution in [0.2, 0.25) is 0 Å². The molecule has 162 valence electrons. The first-order valence-corrected chi connectivity index (χ1v) is 11.4. The summed E-state index contributed by atoms with van der Waals surface area (Å²) >= 11 is 1.76. The number of nitrogens with zero attached hydrogens (tertiary/aromatic N) is 4. The van der Waals surface area contributed by atoms with Gasteiger partial charge in [0.1, 0.15) is 6.54 Å². The maximum atomic E-state index is 12.0. The van der Waals surface area contributed by atoms with E-state index in [1.807, 2.05) is 18.3 Å². The summed E-state index contributed by atoms with van der Waals surface area (Å²) in [6.45, 7) is 3.88. The first kappa shape index (κ1) is 22.2. The number of rotatable bonds is 8. The zero-order valence-corrected chi connectivity index (χ0v) is 18.7. The van der Waals surface area contributed by atoms with Crippen LogP contribution in [0.5, 0.6) is 0 Å². The molecule has 3 rings (SSSR count). The molecule has 3 heterocycles. The van der Waals surface area contributed by atoms with Gasteiger partial charge in [-0.25, -0.2) is 4.99 Å². The Bertz CT molecular complexity index is 785. The van der Waals surface area contributed by atoms with Gasteiger partial charge in [-0.3, -0.25) is 14.7 Å². The van der Waals surface area contributed by atoms with E-state index < -0.39 is 0 Å². The van der Waals surface area contributed by atoms with Crippen molar-refractivity contribution in [3.8, 4) is 0 Å². The van der Waals surface area contributed by atoms with Crippen LogP contribution >= 0.6 is 11.3 Å². The quantitative estimate of drug-likeness (QED) is 0.497. The third-order valence-corrected chi connectivity index (χ3v) is 6.09. The molecule has 2 aromatic rings. The molecule has 8 heteroatoms. The molecular weight excluding hydrogens is 396 g/mol. The predicted molar refractivity (Wildman–Crippen MR) is 123 cm³/mol. The lowest BCUT2D eigenvalue weighted by molar-refractivity contribution is -0.127. The molecule has 30 heavy (non-hydrogen) atoms. The Balaban J connectivity index is 1.49. The summed E-state index contributed by atoms with van der Waals surface area (Å²) in [6.07, 6.45) is 4.88. The summed E-state index contributed by atoms with van der Waals surface area (Å²) in [5.74, 6) is 0.726. The van der Waals surface area contributed by atoms with E-state index >= 15 is 0 Å². The van der Waals surface area contributed by atoms with E-state index in [1.54, 1.807) is 30.3 Å². The third-order valence-electron chi connectivity index (χ3n) is 5.16. The van der Waals surface area contributed by atoms with Crippen LogP contribution in [0.1, 0.15) is 23.4 Å². The van der Waals surface area contributed by atoms with Gasteiger partial charge in [0.2, 0.25) is 5.91 Å². The number of pyridine rings is 1. The standard InChI is InChI=1S/C22H32N6OS/c1-27(2)21(29)16-25-22(24-12-8-20-7-5-15-30-20)26-18-9-13-28(14-10-18)17-19-6-3-4-11-23-19/h3-7,11,15,18H,8-10,12-14,16-17H2,1-2H3,(H2,24,25,26). The zero-order chi connectivity index (χ0) is 21.2. The number of carbonyl (C=O) groups is 1. The summed E-state index contributed by atoms with van der Waals surface area (Å²) in [5, 5.41) is 9.04. The van der Waals surface area contributed by atoms with Gasteiger partial charge in [-0.1, -0.05) is 12.1 Å². The van der Waals surface area contributed by atoms with Crippen molar-refractivity contribution in [2.24, 2.45) is 4.99 Å². The highest BCUT2D eigenvalue weighted by Crippen LogP contribution is 2.13. The maximum Gasteiger partial charge on any atom is 0.243 e. The molecule has 1 aliphatic heterocycles. The molecule has 0 unspecified atom stereocenters. The SMILES string of the molecule is CN(C)C(=O)CN=C(NCCc1cccs1)NC1CCN(Cc2ccccn2)CC1. The number of hydrogen-bond acceptors (Lipinski definition) is 5. The predicted octanol–water partition coefficient (Wildman–Crippen LogP) is 1.97. The van der Waals surface area contributed by atoms with Crippen molar-refractivity contribution >= 4 is 23.2 Å². The van der Waals surface area contributed by atoms with Crippen LogP contribution in [0.4, 0.5) is 0 Å². The number of amides is 1. The van der Waals surface area contributed by atoms with Gasteiger partial charge in [-0.2, -0.15) is 0 Å². The van der Waals surface area contributed by atoms with Crippen LogP contribution in [-0.4, -0.2) is 73.0 Å². The minimum atomic E-state index is -0.000429. The lowest BCUT2D eigenvalue weighted by Crippen LogP contribution is -2.49. The fourth-order valence-electron chi connectivity index (χ4n) is 3.35. The summed E-state index contributed by atoms with van der Waals surface area (Å²) < 4.78 is 0. The Morgan fingerprint density at radius 3 is 2.77 bits per heavy atom. The second kappa shape index (κ2) is 11.7. The van der Waals surface area contributed by atoms with Crippen molar-refractivity contribution in [2.45, 2.75) is 31.8 Å². The Hall–Kier alpha value is -2.45. The molecule has 0 atom stereocenters. The number of hydrogen-bond donors (Lipinski definition) is 2. The molecule has 1 saturated heterocycles. The van der Waals surface area contributed by atoms with Gasteiger partial charge < -0.3 is 15.5 Å². The Kier molecular flexibility index (Phi) is 8.65. The summed E-state index contributed by atoms with van der Waals surface area (Å²) in [4.78, 5) is 26.3. The van der Waals surface area contributed by atoms with Crippen molar-refractivity contribution in [2.75, 3.05) is 40.3 Å². The van der Waals surface area contributed by atoms with Gasteiger partial charge in [-0.05, 0) is 42.8 Å². The molecule has 7 nitrogen and oxygen atoms in total. The highest BCUT2D eigenvalue weighted by atomic mass is 32.1. The van der Waals surface area contributed by atoms with Crippen LogP contribution in [0, 0.1) is 0 Å². The van der Waals surface area contributed by atoms with Crippen molar-refractivity contribution in [3.05, 3.63) is 52.5 Å². The van der Waals surface area contributed by atoms with Gasteiger partial charge in [0.15, 0.2) is 5.96 Å². The van der Waals surface area contributed by atoms with E-state index in [2.05, 4.69) is 49.1 Å². The molecule has 0 bridgehead atoms. The van der Waals surface area contributed by atoms with E-state index in [4.69, 9.17) is 0 Å². The van der Waals surface area contributed by atoms with Crippen LogP contribution in [0.15, 0.2) is 46.9 Å². The molecule has 1 fully saturated rings. The Labute approximate surface area is 183 Å². The van der Waals surface area contributed by atoms with Crippen LogP contribution < -0.4 is 10.6 Å². The number of aromatic nitrogens is 1. The third kappa shape index (κ3) is 7.42. The molecule has 0 spiro atoms. The van der Waals surface area contributed by atoms with Gasteiger partial charge in [0.25, 0.3) is 0 Å². The van der Waals surface area contributed by atoms with Crippen LogP contribution in [0.25, 0.3) is 0 Å². The van der Waals surface area contributed by atoms with Crippen LogP contribution in [0.3, 0.4) is 0 Å². The largest absolute Gasteiger partial charge is 0.356 e. The number of carbonyl (C=O) groups excluding carboxylic acids is 1. The van der Waals surface area contributed by atoms with E-state index in [-0.39, 0.29) is 12.5 Å². The average Bonchev–Trinajstić information content (AvgIpc) is 3.27. The summed E-state index contributed by atoms with van der Waals surface area (Å²) in [6, 6.07) is 10.6. The van der Waals surface area contributed by atoms with Crippen molar-refractivity contribution in [1.29, 1.82) is 0 Å². The molecule has 2 N–H and O–H groups in total. The van der Waals surface area contributed by atoms with Gasteiger partial charge in [0, 0.05) is 57.4 Å². The number of likely N-dealkylation sites (tertiary alicyclic amines) is 1. The van der Waals surface area contributed by atoms with Crippen LogP contribution in [-0.2, 0) is 17.8 Å². The van der Waals surface area contributed by atoms with E-state index in [0.717, 1.165) is 57.1 Å². The van der Waals surface area contributed by atoms with E-state index in [0.29, 0.717) is 6.04 Å². The minimum Gasteiger partial charge on any atom is -0.356 e. The fourth-order valence-corrected chi connectivity index (χ4v) is 4.06. The zero-order valence-electron chi connectivity index (χ0n) is 17.9. The summed E-state index contributed by atoms with van der Waals surface area (Å²) in [5.41, 5.74) is 1.11. The van der Waals surface area contributed by atoms with E-state index in [1.165, 1.54) is 4.88 Å². The van der Waals surface area contributed by atoms with Crippen molar-refractivity contribution in [1.82, 2.24) is 25.4 Å². The number of guanidine groups is 1. The Morgan fingerprint density at radius 2 is 2.10 bits per heavy atom. The van der Waals surface area contributed by atoms with Gasteiger partial charge in [-0.15, -0.1) is 11.3 Å². The second-order valence-corrected chi connectivity index (χ2v) is 8.76. The number of likely N-dealkylation sites (N-methyl/N-ethyl adjacent to an activating group) is 1. The van der Waals surface area contributed by atoms with Crippen molar-refractivity contribution in [3.63, 3.8) is 0 Å². The van der Waals surface area contributed by atoms with Gasteiger partial charge in [0.05, 0.1) is 5.69 Å². The average molecular weight is 429 g/mol. The maximum absolute atomic E-state index is 12.0. The monoisotopic (exact) mass is 428 g/mol. The topological polar surface area (TPSA) is 72.9 Å². The number of piperidine rings is 1. The molecule has 0 radical (unpaired) electrons. The number of thiophene rings is 1. The molecule has 0 aromatic carbocycles. The second-order valence-electron chi connectivity index (χ2n) is 7.72. The first-order valence-electron chi connectivity index (χ1n) is 10.5. The first-order chi connectivity index (χ1) is 14.6.